The summed E-state index contributed by atoms with van der Waals surface area (Å²) in [6.45, 7) is 5.12. The number of benzene rings is 2. The number of esters is 1. The summed E-state index contributed by atoms with van der Waals surface area (Å²) in [4.78, 5) is 13.6. The highest BCUT2D eigenvalue weighted by Gasteiger charge is 2.29. The molecule has 0 aliphatic carbocycles. The van der Waals surface area contributed by atoms with E-state index in [0.29, 0.717) is 23.4 Å². The first kappa shape index (κ1) is 20.2. The maximum Gasteiger partial charge on any atom is 0.311 e. The first-order valence-corrected chi connectivity index (χ1v) is 11.0. The number of aromatic nitrogens is 1. The van der Waals surface area contributed by atoms with Crippen LogP contribution in [-0.4, -0.2) is 29.5 Å². The van der Waals surface area contributed by atoms with E-state index in [1.807, 2.05) is 49.0 Å². The molecule has 0 saturated heterocycles. The smallest absolute Gasteiger partial charge is 0.311 e. The van der Waals surface area contributed by atoms with Gasteiger partial charge in [-0.1, -0.05) is 30.7 Å². The average molecular weight is 430 g/mol. The van der Waals surface area contributed by atoms with E-state index in [-0.39, 0.29) is 12.4 Å². The number of ether oxygens (including phenoxy) is 2. The van der Waals surface area contributed by atoms with Gasteiger partial charge in [-0.2, -0.15) is 0 Å². The molecule has 3 aromatic rings. The number of rotatable bonds is 6. The SMILES string of the molecule is CCOC(=O)Cc1c2c3c(c(OC)ccc3n1Cc1ccc(Cl)cc1)SC(C)C2. The normalized spacial score (nSPS) is 15.5. The molecule has 6 heteroatoms. The molecule has 4 nitrogen and oxygen atoms in total. The van der Waals surface area contributed by atoms with Crippen LogP contribution in [0.1, 0.15) is 30.7 Å². The van der Waals surface area contributed by atoms with Crippen LogP contribution >= 0.6 is 23.4 Å². The molecular weight excluding hydrogens is 406 g/mol. The van der Waals surface area contributed by atoms with Crippen LogP contribution in [0.5, 0.6) is 5.75 Å². The molecule has 2 heterocycles. The van der Waals surface area contributed by atoms with Crippen molar-refractivity contribution in [3.05, 3.63) is 58.2 Å². The lowest BCUT2D eigenvalue weighted by atomic mass is 10.0. The summed E-state index contributed by atoms with van der Waals surface area (Å²) >= 11 is 7.91. The van der Waals surface area contributed by atoms with Crippen molar-refractivity contribution in [1.82, 2.24) is 4.57 Å². The predicted molar refractivity (Wildman–Crippen MR) is 118 cm³/mol. The van der Waals surface area contributed by atoms with Gasteiger partial charge < -0.3 is 14.0 Å². The van der Waals surface area contributed by atoms with Crippen LogP contribution in [-0.2, 0) is 28.9 Å². The highest BCUT2D eigenvalue weighted by Crippen LogP contribution is 2.47. The van der Waals surface area contributed by atoms with Gasteiger partial charge in [-0.15, -0.1) is 11.8 Å². The molecule has 0 spiro atoms. The molecule has 152 valence electrons. The molecule has 4 rings (SSSR count). The molecule has 2 aromatic carbocycles. The van der Waals surface area contributed by atoms with E-state index < -0.39 is 0 Å². The van der Waals surface area contributed by atoms with Crippen molar-refractivity contribution in [2.45, 2.75) is 43.4 Å². The Morgan fingerprint density at radius 1 is 1.24 bits per heavy atom. The van der Waals surface area contributed by atoms with Crippen molar-refractivity contribution in [1.29, 1.82) is 0 Å². The zero-order valence-electron chi connectivity index (χ0n) is 16.8. The highest BCUT2D eigenvalue weighted by molar-refractivity contribution is 8.00. The molecule has 0 saturated carbocycles. The molecule has 1 aromatic heterocycles. The largest absolute Gasteiger partial charge is 0.496 e. The van der Waals surface area contributed by atoms with Gasteiger partial charge in [0.2, 0.25) is 0 Å². The average Bonchev–Trinajstić information content (AvgIpc) is 2.98. The van der Waals surface area contributed by atoms with E-state index in [0.717, 1.165) is 28.9 Å². The zero-order valence-corrected chi connectivity index (χ0v) is 18.4. The molecule has 1 atom stereocenters. The Hall–Kier alpha value is -2.11. The number of methoxy groups -OCH3 is 1. The van der Waals surface area contributed by atoms with E-state index in [1.54, 1.807) is 7.11 Å². The summed E-state index contributed by atoms with van der Waals surface area (Å²) in [5.41, 5.74) is 4.54. The summed E-state index contributed by atoms with van der Waals surface area (Å²) < 4.78 is 13.2. The standard InChI is InChI=1S/C23H24ClNO3S/c1-4-28-21(26)12-19-17-11-14(2)29-23-20(27-3)10-9-18(22(17)23)25(19)13-15-5-7-16(24)8-6-15/h5-10,14H,4,11-13H2,1-3H3. The van der Waals surface area contributed by atoms with E-state index >= 15 is 0 Å². The topological polar surface area (TPSA) is 40.5 Å². The molecule has 1 aliphatic heterocycles. The summed E-state index contributed by atoms with van der Waals surface area (Å²) in [6.07, 6.45) is 1.19. The van der Waals surface area contributed by atoms with Crippen molar-refractivity contribution < 1.29 is 14.3 Å². The van der Waals surface area contributed by atoms with Gasteiger partial charge in [0.05, 0.1) is 30.5 Å². The maximum atomic E-state index is 12.4. The second-order valence-corrected chi connectivity index (χ2v) is 9.13. The first-order valence-electron chi connectivity index (χ1n) is 9.79. The van der Waals surface area contributed by atoms with Crippen LogP contribution in [0, 0.1) is 0 Å². The van der Waals surface area contributed by atoms with E-state index in [4.69, 9.17) is 21.1 Å². The summed E-state index contributed by atoms with van der Waals surface area (Å²) in [6, 6.07) is 12.0. The minimum Gasteiger partial charge on any atom is -0.496 e. The summed E-state index contributed by atoms with van der Waals surface area (Å²) in [5, 5.41) is 2.34. The molecule has 0 bridgehead atoms. The number of carbonyl (C=O) groups is 1. The van der Waals surface area contributed by atoms with Gasteiger partial charge in [0.1, 0.15) is 5.75 Å². The second-order valence-electron chi connectivity index (χ2n) is 7.24. The van der Waals surface area contributed by atoms with Gasteiger partial charge in [-0.05, 0) is 48.7 Å². The van der Waals surface area contributed by atoms with Crippen molar-refractivity contribution in [3.63, 3.8) is 0 Å². The molecule has 29 heavy (non-hydrogen) atoms. The third-order valence-electron chi connectivity index (χ3n) is 5.27. The number of halogens is 1. The van der Waals surface area contributed by atoms with E-state index in [2.05, 4.69) is 17.6 Å². The molecule has 0 amide bonds. The van der Waals surface area contributed by atoms with Crippen LogP contribution in [0.2, 0.25) is 5.02 Å². The fourth-order valence-corrected chi connectivity index (χ4v) is 5.45. The fourth-order valence-electron chi connectivity index (χ4n) is 4.05. The Bertz CT molecular complexity index is 1060. The van der Waals surface area contributed by atoms with Crippen LogP contribution in [0.4, 0.5) is 0 Å². The second kappa shape index (κ2) is 8.33. The van der Waals surface area contributed by atoms with Crippen molar-refractivity contribution in [2.75, 3.05) is 13.7 Å². The number of hydrogen-bond donors (Lipinski definition) is 0. The Morgan fingerprint density at radius 2 is 2.00 bits per heavy atom. The van der Waals surface area contributed by atoms with Gasteiger partial charge in [0.15, 0.2) is 0 Å². The molecule has 0 fully saturated rings. The molecule has 0 radical (unpaired) electrons. The van der Waals surface area contributed by atoms with Crippen LogP contribution in [0.25, 0.3) is 10.9 Å². The quantitative estimate of drug-likeness (QED) is 0.485. The molecule has 0 N–H and O–H groups in total. The first-order chi connectivity index (χ1) is 14.0. The van der Waals surface area contributed by atoms with E-state index in [1.165, 1.54) is 15.8 Å². The number of nitrogens with zero attached hydrogens (tertiary/aromatic N) is 1. The monoisotopic (exact) mass is 429 g/mol. The predicted octanol–water partition coefficient (Wildman–Crippen LogP) is 5.49. The Balaban J connectivity index is 1.91. The number of hydrogen-bond acceptors (Lipinski definition) is 4. The molecule has 1 aliphatic rings. The zero-order chi connectivity index (χ0) is 20.5. The van der Waals surface area contributed by atoms with Crippen LogP contribution in [0.15, 0.2) is 41.3 Å². The highest BCUT2D eigenvalue weighted by atomic mass is 35.5. The van der Waals surface area contributed by atoms with Crippen LogP contribution in [0.3, 0.4) is 0 Å². The fraction of sp³-hybridized carbons (Fsp3) is 0.348. The van der Waals surface area contributed by atoms with Gasteiger partial charge in [-0.3, -0.25) is 4.79 Å². The molecule has 1 unspecified atom stereocenters. The van der Waals surface area contributed by atoms with Crippen molar-refractivity contribution in [2.24, 2.45) is 0 Å². The summed E-state index contributed by atoms with van der Waals surface area (Å²) in [7, 11) is 1.71. The van der Waals surface area contributed by atoms with Crippen LogP contribution < -0.4 is 4.74 Å². The Morgan fingerprint density at radius 3 is 2.69 bits per heavy atom. The lowest BCUT2D eigenvalue weighted by Crippen LogP contribution is -2.15. The minimum atomic E-state index is -0.191. The lowest BCUT2D eigenvalue weighted by molar-refractivity contribution is -0.142. The van der Waals surface area contributed by atoms with Gasteiger partial charge >= 0.3 is 5.97 Å². The van der Waals surface area contributed by atoms with Gasteiger partial charge in [-0.25, -0.2) is 0 Å². The van der Waals surface area contributed by atoms with Gasteiger partial charge in [0, 0.05) is 27.9 Å². The van der Waals surface area contributed by atoms with Gasteiger partial charge in [0.25, 0.3) is 0 Å². The lowest BCUT2D eigenvalue weighted by Gasteiger charge is -2.21. The Kier molecular flexibility index (Phi) is 5.79. The number of thioether (sulfide) groups is 1. The van der Waals surface area contributed by atoms with E-state index in [9.17, 15) is 4.79 Å². The summed E-state index contributed by atoms with van der Waals surface area (Å²) in [5.74, 6) is 0.699. The van der Waals surface area contributed by atoms with Crippen molar-refractivity contribution >= 4 is 40.2 Å². The number of carbonyl (C=O) groups excluding carboxylic acids is 1. The minimum absolute atomic E-state index is 0.191. The maximum absolute atomic E-state index is 12.4. The third-order valence-corrected chi connectivity index (χ3v) is 6.73. The Labute approximate surface area is 180 Å². The molecular formula is C23H24ClNO3S. The third kappa shape index (κ3) is 3.86. The van der Waals surface area contributed by atoms with Crippen molar-refractivity contribution in [3.8, 4) is 5.75 Å².